The number of aryl methyl sites for hydroxylation is 1. The fourth-order valence-corrected chi connectivity index (χ4v) is 2.48. The van der Waals surface area contributed by atoms with E-state index >= 15 is 0 Å². The van der Waals surface area contributed by atoms with Crippen LogP contribution in [0.2, 0.25) is 0 Å². The number of nitrogens with zero attached hydrogens (tertiary/aromatic N) is 2. The van der Waals surface area contributed by atoms with Crippen LogP contribution >= 0.6 is 0 Å². The molecule has 3 aromatic rings. The second-order valence-corrected chi connectivity index (χ2v) is 5.72. The van der Waals surface area contributed by atoms with Gasteiger partial charge in [0.05, 0.1) is 25.0 Å². The molecule has 7 heteroatoms. The van der Waals surface area contributed by atoms with E-state index in [0.717, 1.165) is 11.4 Å². The number of benzene rings is 1. The SMILES string of the molecule is CCOC(=O)c1cn(Cc2cc(C)[nH]n2)cc(Oc2ccccc2)c1=O. The number of aromatic amines is 1. The number of aromatic nitrogens is 3. The first-order chi connectivity index (χ1) is 12.6. The van der Waals surface area contributed by atoms with Gasteiger partial charge in [0.25, 0.3) is 0 Å². The van der Waals surface area contributed by atoms with Crippen LogP contribution in [0.3, 0.4) is 0 Å². The molecule has 0 saturated heterocycles. The summed E-state index contributed by atoms with van der Waals surface area (Å²) >= 11 is 0. The smallest absolute Gasteiger partial charge is 0.343 e. The maximum absolute atomic E-state index is 12.6. The second-order valence-electron chi connectivity index (χ2n) is 5.72. The van der Waals surface area contributed by atoms with Crippen molar-refractivity contribution in [1.82, 2.24) is 14.8 Å². The number of carbonyl (C=O) groups excluding carboxylic acids is 1. The number of H-pyrrole nitrogens is 1. The van der Waals surface area contributed by atoms with Gasteiger partial charge in [-0.15, -0.1) is 0 Å². The molecular formula is C19H19N3O4. The Labute approximate surface area is 150 Å². The monoisotopic (exact) mass is 353 g/mol. The summed E-state index contributed by atoms with van der Waals surface area (Å²) in [6.45, 7) is 4.14. The number of rotatable bonds is 6. The van der Waals surface area contributed by atoms with E-state index in [1.165, 1.54) is 6.20 Å². The zero-order chi connectivity index (χ0) is 18.5. The van der Waals surface area contributed by atoms with Crippen molar-refractivity contribution in [3.63, 3.8) is 0 Å². The molecule has 1 N–H and O–H groups in total. The van der Waals surface area contributed by atoms with E-state index in [0.29, 0.717) is 12.3 Å². The standard InChI is InChI=1S/C19H19N3O4/c1-3-25-19(24)16-11-22(10-14-9-13(2)20-21-14)12-17(18(16)23)26-15-7-5-4-6-8-15/h4-9,11-12H,3,10H2,1-2H3,(H,20,21). The minimum absolute atomic E-state index is 0.0500. The van der Waals surface area contributed by atoms with Gasteiger partial charge in [-0.1, -0.05) is 18.2 Å². The number of ether oxygens (including phenoxy) is 2. The Morgan fingerprint density at radius 3 is 2.65 bits per heavy atom. The molecule has 0 amide bonds. The highest BCUT2D eigenvalue weighted by molar-refractivity contribution is 5.89. The molecule has 3 rings (SSSR count). The number of nitrogens with one attached hydrogen (secondary N) is 1. The van der Waals surface area contributed by atoms with E-state index in [2.05, 4.69) is 10.2 Å². The Morgan fingerprint density at radius 2 is 2.00 bits per heavy atom. The number of esters is 1. The van der Waals surface area contributed by atoms with Crippen LogP contribution in [-0.4, -0.2) is 27.3 Å². The summed E-state index contributed by atoms with van der Waals surface area (Å²) in [5, 5.41) is 7.04. The van der Waals surface area contributed by atoms with Crippen LogP contribution in [0.5, 0.6) is 11.5 Å². The Bertz CT molecular complexity index is 960. The van der Waals surface area contributed by atoms with Crippen LogP contribution in [0.15, 0.2) is 53.6 Å². The van der Waals surface area contributed by atoms with E-state index in [9.17, 15) is 9.59 Å². The molecule has 0 bridgehead atoms. The highest BCUT2D eigenvalue weighted by Gasteiger charge is 2.18. The molecule has 0 radical (unpaired) electrons. The summed E-state index contributed by atoms with van der Waals surface area (Å²) in [5.74, 6) is -0.121. The first-order valence-electron chi connectivity index (χ1n) is 8.22. The fourth-order valence-electron chi connectivity index (χ4n) is 2.48. The summed E-state index contributed by atoms with van der Waals surface area (Å²) in [7, 11) is 0. The zero-order valence-corrected chi connectivity index (χ0v) is 14.6. The molecule has 0 atom stereocenters. The number of hydrogen-bond acceptors (Lipinski definition) is 5. The zero-order valence-electron chi connectivity index (χ0n) is 14.6. The van der Waals surface area contributed by atoms with Crippen molar-refractivity contribution in [1.29, 1.82) is 0 Å². The van der Waals surface area contributed by atoms with Gasteiger partial charge in [0.2, 0.25) is 5.43 Å². The number of hydrogen-bond donors (Lipinski definition) is 1. The van der Waals surface area contributed by atoms with Gasteiger partial charge in [-0.25, -0.2) is 4.79 Å². The third-order valence-corrected chi connectivity index (χ3v) is 3.62. The molecule has 1 aromatic carbocycles. The molecule has 7 nitrogen and oxygen atoms in total. The lowest BCUT2D eigenvalue weighted by Crippen LogP contribution is -2.21. The van der Waals surface area contributed by atoms with Crippen molar-refractivity contribution in [2.24, 2.45) is 0 Å². The van der Waals surface area contributed by atoms with E-state index in [1.54, 1.807) is 42.0 Å². The van der Waals surface area contributed by atoms with E-state index < -0.39 is 11.4 Å². The molecule has 0 saturated carbocycles. The second kappa shape index (κ2) is 7.69. The van der Waals surface area contributed by atoms with Gasteiger partial charge < -0.3 is 14.0 Å². The molecule has 2 aromatic heterocycles. The maximum atomic E-state index is 12.6. The van der Waals surface area contributed by atoms with Gasteiger partial charge in [0, 0.05) is 11.9 Å². The van der Waals surface area contributed by atoms with Gasteiger partial charge in [0.15, 0.2) is 5.75 Å². The lowest BCUT2D eigenvalue weighted by atomic mass is 10.2. The molecular weight excluding hydrogens is 334 g/mol. The van der Waals surface area contributed by atoms with Gasteiger partial charge in [0.1, 0.15) is 11.3 Å². The predicted octanol–water partition coefficient (Wildman–Crippen LogP) is 2.90. The van der Waals surface area contributed by atoms with Gasteiger partial charge in [-0.2, -0.15) is 5.10 Å². The lowest BCUT2D eigenvalue weighted by Gasteiger charge is -2.11. The van der Waals surface area contributed by atoms with Crippen molar-refractivity contribution in [3.05, 3.63) is 76.0 Å². The lowest BCUT2D eigenvalue weighted by molar-refractivity contribution is 0.0523. The summed E-state index contributed by atoms with van der Waals surface area (Å²) < 4.78 is 12.4. The average molecular weight is 353 g/mol. The van der Waals surface area contributed by atoms with Crippen LogP contribution in [0.1, 0.15) is 28.7 Å². The van der Waals surface area contributed by atoms with Crippen molar-refractivity contribution in [3.8, 4) is 11.5 Å². The van der Waals surface area contributed by atoms with Crippen molar-refractivity contribution in [2.45, 2.75) is 20.4 Å². The van der Waals surface area contributed by atoms with E-state index in [-0.39, 0.29) is 17.9 Å². The van der Waals surface area contributed by atoms with Crippen molar-refractivity contribution in [2.75, 3.05) is 6.61 Å². The Morgan fingerprint density at radius 1 is 1.23 bits per heavy atom. The number of pyridine rings is 1. The third kappa shape index (κ3) is 4.00. The molecule has 0 spiro atoms. The molecule has 2 heterocycles. The molecule has 134 valence electrons. The van der Waals surface area contributed by atoms with E-state index in [1.807, 2.05) is 19.1 Å². The fraction of sp³-hybridized carbons (Fsp3) is 0.211. The highest BCUT2D eigenvalue weighted by atomic mass is 16.5. The molecule has 26 heavy (non-hydrogen) atoms. The normalized spacial score (nSPS) is 10.5. The van der Waals surface area contributed by atoms with Crippen LogP contribution in [0.4, 0.5) is 0 Å². The van der Waals surface area contributed by atoms with Crippen molar-refractivity contribution >= 4 is 5.97 Å². The largest absolute Gasteiger partial charge is 0.462 e. The number of para-hydroxylation sites is 1. The topological polar surface area (TPSA) is 86.2 Å². The summed E-state index contributed by atoms with van der Waals surface area (Å²) in [6.07, 6.45) is 3.02. The van der Waals surface area contributed by atoms with Gasteiger partial charge >= 0.3 is 5.97 Å². The average Bonchev–Trinajstić information content (AvgIpc) is 3.03. The molecule has 0 aliphatic carbocycles. The Kier molecular flexibility index (Phi) is 5.17. The van der Waals surface area contributed by atoms with E-state index in [4.69, 9.17) is 9.47 Å². The first kappa shape index (κ1) is 17.5. The van der Waals surface area contributed by atoms with Gasteiger partial charge in [-0.3, -0.25) is 9.89 Å². The quantitative estimate of drug-likeness (QED) is 0.689. The highest BCUT2D eigenvalue weighted by Crippen LogP contribution is 2.18. The molecule has 0 unspecified atom stereocenters. The molecule has 0 aliphatic heterocycles. The van der Waals surface area contributed by atoms with Crippen LogP contribution in [0.25, 0.3) is 0 Å². The Balaban J connectivity index is 2.00. The maximum Gasteiger partial charge on any atom is 0.343 e. The van der Waals surface area contributed by atoms with Crippen LogP contribution in [0, 0.1) is 6.92 Å². The summed E-state index contributed by atoms with van der Waals surface area (Å²) in [6, 6.07) is 10.8. The summed E-state index contributed by atoms with van der Waals surface area (Å²) in [4.78, 5) is 24.8. The Hall–Kier alpha value is -3.35. The van der Waals surface area contributed by atoms with Crippen molar-refractivity contribution < 1.29 is 14.3 Å². The van der Waals surface area contributed by atoms with Gasteiger partial charge in [-0.05, 0) is 32.0 Å². The predicted molar refractivity (Wildman–Crippen MR) is 95.6 cm³/mol. The number of carbonyl (C=O) groups is 1. The molecule has 0 aliphatic rings. The summed E-state index contributed by atoms with van der Waals surface area (Å²) in [5.41, 5.74) is 1.10. The molecule has 0 fully saturated rings. The van der Waals surface area contributed by atoms with Crippen LogP contribution in [-0.2, 0) is 11.3 Å². The van der Waals surface area contributed by atoms with Crippen LogP contribution < -0.4 is 10.2 Å². The minimum atomic E-state index is -0.678. The third-order valence-electron chi connectivity index (χ3n) is 3.62. The first-order valence-corrected chi connectivity index (χ1v) is 8.22. The minimum Gasteiger partial charge on any atom is -0.462 e.